The lowest BCUT2D eigenvalue weighted by atomic mass is 10.3. The predicted octanol–water partition coefficient (Wildman–Crippen LogP) is 0.512. The summed E-state index contributed by atoms with van der Waals surface area (Å²) in [5, 5.41) is 8.07. The van der Waals surface area contributed by atoms with Crippen LogP contribution in [0.4, 0.5) is 10.9 Å². The summed E-state index contributed by atoms with van der Waals surface area (Å²) >= 11 is 1.63. The second-order valence-electron chi connectivity index (χ2n) is 4.69. The van der Waals surface area contributed by atoms with Crippen LogP contribution in [-0.2, 0) is 10.0 Å². The fourth-order valence-electron chi connectivity index (χ4n) is 2.23. The molecule has 2 aromatic rings. The van der Waals surface area contributed by atoms with Crippen LogP contribution < -0.4 is 14.9 Å². The number of sulfonamides is 1. The molecule has 1 saturated heterocycles. The van der Waals surface area contributed by atoms with Crippen LogP contribution in [0.5, 0.6) is 0 Å². The molecule has 2 aromatic heterocycles. The van der Waals surface area contributed by atoms with E-state index in [0.29, 0.717) is 0 Å². The van der Waals surface area contributed by atoms with Gasteiger partial charge in [-0.15, -0.1) is 11.3 Å². The Morgan fingerprint density at radius 3 is 2.33 bits per heavy atom. The summed E-state index contributed by atoms with van der Waals surface area (Å²) in [6, 6.07) is 3.18. The van der Waals surface area contributed by atoms with Crippen molar-refractivity contribution in [3.05, 3.63) is 29.9 Å². The van der Waals surface area contributed by atoms with Gasteiger partial charge in [0.2, 0.25) is 10.0 Å². The standard InChI is InChI=1S/C12H15N5O2S2/c13-21(18,19)10-1-2-11(15-9-10)16-4-6-17(7-5-16)12-14-3-8-20-12/h1-3,8-9H,4-7H2,(H2,13,18,19). The van der Waals surface area contributed by atoms with Gasteiger partial charge < -0.3 is 9.80 Å². The van der Waals surface area contributed by atoms with E-state index in [0.717, 1.165) is 37.1 Å². The Labute approximate surface area is 127 Å². The smallest absolute Gasteiger partial charge is 0.239 e. The minimum atomic E-state index is -3.68. The second-order valence-corrected chi connectivity index (χ2v) is 7.12. The van der Waals surface area contributed by atoms with Gasteiger partial charge in [-0.2, -0.15) is 0 Å². The van der Waals surface area contributed by atoms with Crippen LogP contribution in [0.1, 0.15) is 0 Å². The summed E-state index contributed by atoms with van der Waals surface area (Å²) < 4.78 is 22.4. The van der Waals surface area contributed by atoms with E-state index in [9.17, 15) is 8.42 Å². The van der Waals surface area contributed by atoms with Gasteiger partial charge in [-0.1, -0.05) is 0 Å². The first-order valence-corrected chi connectivity index (χ1v) is 8.85. The largest absolute Gasteiger partial charge is 0.353 e. The number of pyridine rings is 1. The fraction of sp³-hybridized carbons (Fsp3) is 0.333. The van der Waals surface area contributed by atoms with Gasteiger partial charge in [-0.3, -0.25) is 0 Å². The lowest BCUT2D eigenvalue weighted by Crippen LogP contribution is -2.46. The lowest BCUT2D eigenvalue weighted by Gasteiger charge is -2.35. The van der Waals surface area contributed by atoms with Crippen LogP contribution >= 0.6 is 11.3 Å². The molecule has 1 fully saturated rings. The number of hydrogen-bond donors (Lipinski definition) is 1. The zero-order valence-electron chi connectivity index (χ0n) is 11.2. The van der Waals surface area contributed by atoms with Crippen molar-refractivity contribution in [1.82, 2.24) is 9.97 Å². The van der Waals surface area contributed by atoms with Crippen molar-refractivity contribution in [1.29, 1.82) is 0 Å². The first-order valence-electron chi connectivity index (χ1n) is 6.42. The van der Waals surface area contributed by atoms with Crippen molar-refractivity contribution in [2.75, 3.05) is 36.0 Å². The average Bonchev–Trinajstić information content (AvgIpc) is 3.01. The number of thiazole rings is 1. The summed E-state index contributed by atoms with van der Waals surface area (Å²) in [5.41, 5.74) is 0. The topological polar surface area (TPSA) is 92.4 Å². The average molecular weight is 325 g/mol. The fourth-order valence-corrected chi connectivity index (χ4v) is 3.38. The highest BCUT2D eigenvalue weighted by Gasteiger charge is 2.20. The van der Waals surface area contributed by atoms with Gasteiger partial charge in [0.25, 0.3) is 0 Å². The van der Waals surface area contributed by atoms with Crippen LogP contribution in [0.2, 0.25) is 0 Å². The molecule has 3 rings (SSSR count). The van der Waals surface area contributed by atoms with Crippen LogP contribution in [0.25, 0.3) is 0 Å². The van der Waals surface area contributed by atoms with Gasteiger partial charge in [-0.05, 0) is 12.1 Å². The molecule has 7 nitrogen and oxygen atoms in total. The summed E-state index contributed by atoms with van der Waals surface area (Å²) in [4.78, 5) is 12.9. The number of nitrogens with two attached hydrogens (primary N) is 1. The van der Waals surface area contributed by atoms with Crippen molar-refractivity contribution < 1.29 is 8.42 Å². The number of anilines is 2. The number of aromatic nitrogens is 2. The highest BCUT2D eigenvalue weighted by Crippen LogP contribution is 2.21. The summed E-state index contributed by atoms with van der Waals surface area (Å²) in [6.07, 6.45) is 3.11. The molecule has 3 heterocycles. The molecule has 0 aliphatic carbocycles. The third kappa shape index (κ3) is 3.14. The number of hydrogen-bond acceptors (Lipinski definition) is 7. The molecule has 0 unspecified atom stereocenters. The van der Waals surface area contributed by atoms with Gasteiger partial charge >= 0.3 is 0 Å². The van der Waals surface area contributed by atoms with Crippen LogP contribution in [0, 0.1) is 0 Å². The molecule has 2 N–H and O–H groups in total. The van der Waals surface area contributed by atoms with Crippen LogP contribution in [-0.4, -0.2) is 44.6 Å². The number of rotatable bonds is 3. The van der Waals surface area contributed by atoms with Gasteiger partial charge in [-0.25, -0.2) is 23.5 Å². The Morgan fingerprint density at radius 2 is 1.81 bits per heavy atom. The molecule has 112 valence electrons. The molecule has 0 bridgehead atoms. The molecule has 0 spiro atoms. The summed E-state index contributed by atoms with van der Waals surface area (Å²) in [6.45, 7) is 3.38. The van der Waals surface area contributed by atoms with Crippen molar-refractivity contribution in [3.8, 4) is 0 Å². The molecule has 0 aromatic carbocycles. The second kappa shape index (κ2) is 5.58. The maximum Gasteiger partial charge on any atom is 0.239 e. The zero-order valence-corrected chi connectivity index (χ0v) is 12.8. The minimum absolute atomic E-state index is 0.0349. The first-order chi connectivity index (χ1) is 10.0. The summed E-state index contributed by atoms with van der Waals surface area (Å²) in [5.74, 6) is 0.765. The SMILES string of the molecule is NS(=O)(=O)c1ccc(N2CCN(c3nccs3)CC2)nc1. The third-order valence-corrected chi connectivity index (χ3v) is 5.07. The van der Waals surface area contributed by atoms with Crippen LogP contribution in [0.3, 0.4) is 0 Å². The van der Waals surface area contributed by atoms with E-state index >= 15 is 0 Å². The number of piperazine rings is 1. The maximum atomic E-state index is 11.2. The van der Waals surface area contributed by atoms with Gasteiger partial charge in [0, 0.05) is 44.0 Å². The van der Waals surface area contributed by atoms with E-state index in [1.165, 1.54) is 12.3 Å². The molecule has 1 aliphatic heterocycles. The van der Waals surface area contributed by atoms with E-state index in [1.54, 1.807) is 23.6 Å². The predicted molar refractivity (Wildman–Crippen MR) is 82.2 cm³/mol. The van der Waals surface area contributed by atoms with Gasteiger partial charge in [0.15, 0.2) is 5.13 Å². The van der Waals surface area contributed by atoms with Crippen molar-refractivity contribution in [3.63, 3.8) is 0 Å². The van der Waals surface area contributed by atoms with E-state index in [4.69, 9.17) is 5.14 Å². The minimum Gasteiger partial charge on any atom is -0.353 e. The highest BCUT2D eigenvalue weighted by molar-refractivity contribution is 7.89. The first kappa shape index (κ1) is 14.2. The Balaban J connectivity index is 1.67. The Morgan fingerprint density at radius 1 is 1.10 bits per heavy atom. The van der Waals surface area contributed by atoms with E-state index in [-0.39, 0.29) is 4.90 Å². The van der Waals surface area contributed by atoms with Gasteiger partial charge in [0.1, 0.15) is 10.7 Å². The molecule has 0 saturated carbocycles. The number of nitrogens with zero attached hydrogens (tertiary/aromatic N) is 4. The van der Waals surface area contributed by atoms with E-state index < -0.39 is 10.0 Å². The normalized spacial score (nSPS) is 16.2. The number of primary sulfonamides is 1. The van der Waals surface area contributed by atoms with Crippen molar-refractivity contribution in [2.45, 2.75) is 4.90 Å². The van der Waals surface area contributed by atoms with Gasteiger partial charge in [0.05, 0.1) is 0 Å². The molecule has 1 aliphatic rings. The zero-order chi connectivity index (χ0) is 14.9. The molecule has 0 radical (unpaired) electrons. The highest BCUT2D eigenvalue weighted by atomic mass is 32.2. The van der Waals surface area contributed by atoms with Crippen LogP contribution in [0.15, 0.2) is 34.8 Å². The summed E-state index contributed by atoms with van der Waals surface area (Å²) in [7, 11) is -3.68. The third-order valence-electron chi connectivity index (χ3n) is 3.34. The van der Waals surface area contributed by atoms with Crippen molar-refractivity contribution >= 4 is 32.3 Å². The van der Waals surface area contributed by atoms with Crippen molar-refractivity contribution in [2.24, 2.45) is 5.14 Å². The van der Waals surface area contributed by atoms with E-state index in [1.807, 2.05) is 5.38 Å². The molecule has 0 atom stereocenters. The monoisotopic (exact) mass is 325 g/mol. The molecular weight excluding hydrogens is 310 g/mol. The molecule has 0 amide bonds. The maximum absolute atomic E-state index is 11.2. The molecular formula is C12H15N5O2S2. The Bertz CT molecular complexity index is 692. The quantitative estimate of drug-likeness (QED) is 0.884. The Hall–Kier alpha value is -1.71. The molecule has 21 heavy (non-hydrogen) atoms. The Kier molecular flexibility index (Phi) is 3.79. The van der Waals surface area contributed by atoms with E-state index in [2.05, 4.69) is 19.8 Å². The molecule has 9 heteroatoms. The lowest BCUT2D eigenvalue weighted by molar-refractivity contribution is 0.597.